The first kappa shape index (κ1) is 15.7. The number of hydrogen-bond acceptors (Lipinski definition) is 3. The Bertz CT molecular complexity index is 538. The molecule has 1 aliphatic rings. The maximum atomic E-state index is 13.8. The first-order chi connectivity index (χ1) is 9.73. The molecule has 4 nitrogen and oxygen atoms in total. The lowest BCUT2D eigenvalue weighted by atomic mass is 10.0. The van der Waals surface area contributed by atoms with E-state index in [1.54, 1.807) is 4.90 Å². The summed E-state index contributed by atoms with van der Waals surface area (Å²) in [5.41, 5.74) is -0.703. The lowest BCUT2D eigenvalue weighted by Gasteiger charge is -2.41. The number of rotatable bonds is 2. The summed E-state index contributed by atoms with van der Waals surface area (Å²) in [5.74, 6) is -1.94. The number of amides is 1. The van der Waals surface area contributed by atoms with Gasteiger partial charge in [0.2, 0.25) is 0 Å². The average molecular weight is 298 g/mol. The number of carbonyl (C=O) groups excluding carboxylic acids is 1. The standard InChI is InChI=1S/C15H20F2N2O2/c1-9-7-19(8-15(2,3)21-9)14(20)10-5-11(16)13(18-4)12(17)6-10/h5-6,9,18H,7-8H2,1-4H3. The summed E-state index contributed by atoms with van der Waals surface area (Å²) in [7, 11) is 1.43. The first-order valence-corrected chi connectivity index (χ1v) is 6.87. The van der Waals surface area contributed by atoms with E-state index in [2.05, 4.69) is 5.32 Å². The van der Waals surface area contributed by atoms with Gasteiger partial charge in [-0.15, -0.1) is 0 Å². The van der Waals surface area contributed by atoms with E-state index in [-0.39, 0.29) is 17.4 Å². The van der Waals surface area contributed by atoms with E-state index in [9.17, 15) is 13.6 Å². The fourth-order valence-electron chi connectivity index (χ4n) is 2.73. The predicted octanol–water partition coefficient (Wildman–Crippen LogP) is 2.65. The van der Waals surface area contributed by atoms with Crippen LogP contribution in [0.5, 0.6) is 0 Å². The summed E-state index contributed by atoms with van der Waals surface area (Å²) in [6.45, 7) is 6.42. The van der Waals surface area contributed by atoms with Crippen LogP contribution < -0.4 is 5.32 Å². The number of halogens is 2. The van der Waals surface area contributed by atoms with Gasteiger partial charge in [-0.05, 0) is 32.9 Å². The summed E-state index contributed by atoms with van der Waals surface area (Å²) in [6, 6.07) is 2.12. The van der Waals surface area contributed by atoms with Gasteiger partial charge in [-0.3, -0.25) is 4.79 Å². The highest BCUT2D eigenvalue weighted by Crippen LogP contribution is 2.25. The van der Waals surface area contributed by atoms with Crippen molar-refractivity contribution in [3.8, 4) is 0 Å². The third kappa shape index (κ3) is 3.32. The second-order valence-corrected chi connectivity index (χ2v) is 5.94. The molecule has 1 atom stereocenters. The van der Waals surface area contributed by atoms with Gasteiger partial charge in [-0.25, -0.2) is 8.78 Å². The highest BCUT2D eigenvalue weighted by atomic mass is 19.1. The van der Waals surface area contributed by atoms with Gasteiger partial charge in [0.1, 0.15) is 17.3 Å². The highest BCUT2D eigenvalue weighted by Gasteiger charge is 2.34. The molecule has 0 radical (unpaired) electrons. The molecule has 0 saturated carbocycles. The molecule has 1 heterocycles. The van der Waals surface area contributed by atoms with Crippen molar-refractivity contribution in [2.75, 3.05) is 25.5 Å². The van der Waals surface area contributed by atoms with Gasteiger partial charge in [-0.2, -0.15) is 0 Å². The quantitative estimate of drug-likeness (QED) is 0.912. The predicted molar refractivity (Wildman–Crippen MR) is 76.4 cm³/mol. The zero-order chi connectivity index (χ0) is 15.8. The first-order valence-electron chi connectivity index (χ1n) is 6.87. The van der Waals surface area contributed by atoms with Crippen LogP contribution in [-0.4, -0.2) is 42.6 Å². The SMILES string of the molecule is CNc1c(F)cc(C(=O)N2CC(C)OC(C)(C)C2)cc1F. The zero-order valence-electron chi connectivity index (χ0n) is 12.7. The minimum absolute atomic E-state index is 0.00824. The van der Waals surface area contributed by atoms with E-state index in [4.69, 9.17) is 4.74 Å². The number of anilines is 1. The number of benzene rings is 1. The lowest BCUT2D eigenvalue weighted by Crippen LogP contribution is -2.53. The van der Waals surface area contributed by atoms with Crippen LogP contribution in [0, 0.1) is 11.6 Å². The van der Waals surface area contributed by atoms with Crippen molar-refractivity contribution in [3.63, 3.8) is 0 Å². The van der Waals surface area contributed by atoms with Crippen LogP contribution >= 0.6 is 0 Å². The van der Waals surface area contributed by atoms with E-state index < -0.39 is 23.1 Å². The minimum Gasteiger partial charge on any atom is -0.383 e. The molecule has 0 bridgehead atoms. The molecule has 2 rings (SSSR count). The molecule has 1 saturated heterocycles. The number of nitrogens with zero attached hydrogens (tertiary/aromatic N) is 1. The Labute approximate surface area is 123 Å². The van der Waals surface area contributed by atoms with Gasteiger partial charge in [0.25, 0.3) is 5.91 Å². The van der Waals surface area contributed by atoms with Crippen molar-refractivity contribution in [2.24, 2.45) is 0 Å². The van der Waals surface area contributed by atoms with Crippen molar-refractivity contribution in [3.05, 3.63) is 29.3 Å². The van der Waals surface area contributed by atoms with Crippen LogP contribution in [0.4, 0.5) is 14.5 Å². The summed E-state index contributed by atoms with van der Waals surface area (Å²) in [4.78, 5) is 14.0. The molecule has 1 aliphatic heterocycles. The zero-order valence-corrected chi connectivity index (χ0v) is 12.7. The van der Waals surface area contributed by atoms with E-state index in [1.165, 1.54) is 7.05 Å². The van der Waals surface area contributed by atoms with E-state index in [0.29, 0.717) is 13.1 Å². The molecular formula is C15H20F2N2O2. The van der Waals surface area contributed by atoms with E-state index in [1.807, 2.05) is 20.8 Å². The van der Waals surface area contributed by atoms with Crippen molar-refractivity contribution < 1.29 is 18.3 Å². The van der Waals surface area contributed by atoms with Crippen molar-refractivity contribution >= 4 is 11.6 Å². The molecule has 21 heavy (non-hydrogen) atoms. The Kier molecular flexibility index (Phi) is 4.18. The number of nitrogens with one attached hydrogen (secondary N) is 1. The maximum absolute atomic E-state index is 13.8. The van der Waals surface area contributed by atoms with Crippen LogP contribution in [0.2, 0.25) is 0 Å². The van der Waals surface area contributed by atoms with Crippen LogP contribution in [0.15, 0.2) is 12.1 Å². The third-order valence-electron chi connectivity index (χ3n) is 3.40. The Morgan fingerprint density at radius 1 is 1.38 bits per heavy atom. The van der Waals surface area contributed by atoms with E-state index >= 15 is 0 Å². The van der Waals surface area contributed by atoms with Gasteiger partial charge in [0, 0.05) is 25.7 Å². The molecule has 1 unspecified atom stereocenters. The normalized spacial score (nSPS) is 21.2. The Hall–Kier alpha value is -1.69. The van der Waals surface area contributed by atoms with Crippen LogP contribution in [0.1, 0.15) is 31.1 Å². The van der Waals surface area contributed by atoms with Crippen LogP contribution in [-0.2, 0) is 4.74 Å². The Morgan fingerprint density at radius 2 is 1.95 bits per heavy atom. The molecule has 116 valence electrons. The fraction of sp³-hybridized carbons (Fsp3) is 0.533. The molecule has 1 fully saturated rings. The largest absolute Gasteiger partial charge is 0.383 e. The second kappa shape index (κ2) is 5.60. The summed E-state index contributed by atoms with van der Waals surface area (Å²) < 4.78 is 33.3. The van der Waals surface area contributed by atoms with Gasteiger partial charge in [0.15, 0.2) is 0 Å². The second-order valence-electron chi connectivity index (χ2n) is 5.94. The number of morpholine rings is 1. The van der Waals surface area contributed by atoms with Gasteiger partial charge in [-0.1, -0.05) is 0 Å². The van der Waals surface area contributed by atoms with Crippen molar-refractivity contribution in [1.29, 1.82) is 0 Å². The van der Waals surface area contributed by atoms with Crippen LogP contribution in [0.3, 0.4) is 0 Å². The molecular weight excluding hydrogens is 278 g/mol. The van der Waals surface area contributed by atoms with Crippen molar-refractivity contribution in [1.82, 2.24) is 4.90 Å². The minimum atomic E-state index is -0.776. The summed E-state index contributed by atoms with van der Waals surface area (Å²) >= 11 is 0. The lowest BCUT2D eigenvalue weighted by molar-refractivity contribution is -0.118. The molecule has 0 aromatic heterocycles. The smallest absolute Gasteiger partial charge is 0.254 e. The van der Waals surface area contributed by atoms with Gasteiger partial charge < -0.3 is 15.0 Å². The number of ether oxygens (including phenoxy) is 1. The number of carbonyl (C=O) groups is 1. The van der Waals surface area contributed by atoms with E-state index in [0.717, 1.165) is 12.1 Å². The van der Waals surface area contributed by atoms with Gasteiger partial charge in [0.05, 0.1) is 11.7 Å². The van der Waals surface area contributed by atoms with Gasteiger partial charge >= 0.3 is 0 Å². The third-order valence-corrected chi connectivity index (χ3v) is 3.40. The molecule has 0 spiro atoms. The maximum Gasteiger partial charge on any atom is 0.254 e. The average Bonchev–Trinajstić information content (AvgIpc) is 2.35. The Morgan fingerprint density at radius 3 is 2.43 bits per heavy atom. The van der Waals surface area contributed by atoms with Crippen LogP contribution in [0.25, 0.3) is 0 Å². The summed E-state index contributed by atoms with van der Waals surface area (Å²) in [6.07, 6.45) is -0.121. The molecule has 6 heteroatoms. The highest BCUT2D eigenvalue weighted by molar-refractivity contribution is 5.94. The molecule has 1 amide bonds. The molecule has 1 aromatic rings. The molecule has 1 N–H and O–H groups in total. The molecule has 1 aromatic carbocycles. The topological polar surface area (TPSA) is 41.6 Å². The Balaban J connectivity index is 2.28. The van der Waals surface area contributed by atoms with Crippen molar-refractivity contribution in [2.45, 2.75) is 32.5 Å². The summed E-state index contributed by atoms with van der Waals surface area (Å²) in [5, 5.41) is 2.43. The fourth-order valence-corrected chi connectivity index (χ4v) is 2.73. The number of hydrogen-bond donors (Lipinski definition) is 1. The molecule has 0 aliphatic carbocycles. The monoisotopic (exact) mass is 298 g/mol.